The number of methoxy groups -OCH3 is 1. The van der Waals surface area contributed by atoms with Crippen molar-refractivity contribution in [3.8, 4) is 5.75 Å². The Morgan fingerprint density at radius 1 is 1.00 bits per heavy atom. The van der Waals surface area contributed by atoms with Gasteiger partial charge in [-0.2, -0.15) is 0 Å². The second kappa shape index (κ2) is 9.42. The van der Waals surface area contributed by atoms with Crippen LogP contribution in [0.1, 0.15) is 41.0 Å². The number of anilines is 1. The van der Waals surface area contributed by atoms with Crippen LogP contribution in [0.4, 0.5) is 5.69 Å². The molecule has 1 aliphatic heterocycles. The number of hydrogen-bond donors (Lipinski definition) is 1. The molecular formula is C23H24N2O6. The maximum absolute atomic E-state index is 12.8. The van der Waals surface area contributed by atoms with Gasteiger partial charge in [-0.05, 0) is 36.6 Å². The lowest BCUT2D eigenvalue weighted by molar-refractivity contribution is -0.151. The Hall–Kier alpha value is -3.68. The first kappa shape index (κ1) is 22.0. The maximum Gasteiger partial charge on any atom is 0.329 e. The standard InChI is InChI=1S/C23H24N2O6/c1-14(2)11-19(25-21(27)17-9-4-5-10-18(17)22(25)28)23(29)31-13-20(26)24-15-7-6-8-16(12-15)30-3/h4-10,12,14,19H,11,13H2,1-3H3,(H,24,26)/t19-/m1/s1. The molecule has 2 aromatic carbocycles. The molecule has 8 heteroatoms. The third kappa shape index (κ3) is 4.91. The fraction of sp³-hybridized carbons (Fsp3) is 0.304. The largest absolute Gasteiger partial charge is 0.497 e. The number of ether oxygens (including phenoxy) is 2. The van der Waals surface area contributed by atoms with Gasteiger partial charge in [-0.25, -0.2) is 4.79 Å². The van der Waals surface area contributed by atoms with E-state index in [1.54, 1.807) is 48.5 Å². The van der Waals surface area contributed by atoms with E-state index in [0.29, 0.717) is 11.4 Å². The Labute approximate surface area is 180 Å². The first-order valence-corrected chi connectivity index (χ1v) is 9.89. The fourth-order valence-corrected chi connectivity index (χ4v) is 3.38. The SMILES string of the molecule is COc1cccc(NC(=O)COC(=O)[C@@H](CC(C)C)N2C(=O)c3ccccc3C2=O)c1. The second-order valence-electron chi connectivity index (χ2n) is 7.56. The molecule has 1 aliphatic rings. The lowest BCUT2D eigenvalue weighted by atomic mass is 10.0. The molecule has 0 unspecified atom stereocenters. The van der Waals surface area contributed by atoms with Crippen molar-refractivity contribution >= 4 is 29.4 Å². The van der Waals surface area contributed by atoms with E-state index in [-0.39, 0.29) is 23.5 Å². The Morgan fingerprint density at radius 3 is 2.23 bits per heavy atom. The van der Waals surface area contributed by atoms with Gasteiger partial charge in [0.25, 0.3) is 17.7 Å². The van der Waals surface area contributed by atoms with Crippen LogP contribution in [0.3, 0.4) is 0 Å². The summed E-state index contributed by atoms with van der Waals surface area (Å²) in [4.78, 5) is 51.5. The number of esters is 1. The van der Waals surface area contributed by atoms with Gasteiger partial charge in [-0.1, -0.05) is 32.0 Å². The number of rotatable bonds is 8. The average molecular weight is 424 g/mol. The molecule has 0 aromatic heterocycles. The molecule has 3 rings (SSSR count). The summed E-state index contributed by atoms with van der Waals surface area (Å²) in [7, 11) is 1.51. The van der Waals surface area contributed by atoms with Crippen LogP contribution in [0.2, 0.25) is 0 Å². The minimum absolute atomic E-state index is 0.00692. The molecule has 0 aliphatic carbocycles. The summed E-state index contributed by atoms with van der Waals surface area (Å²) < 4.78 is 10.3. The molecule has 0 bridgehead atoms. The Balaban J connectivity index is 1.69. The number of carbonyl (C=O) groups excluding carboxylic acids is 4. The van der Waals surface area contributed by atoms with Crippen LogP contribution in [0.25, 0.3) is 0 Å². The van der Waals surface area contributed by atoms with Crippen molar-refractivity contribution in [2.24, 2.45) is 5.92 Å². The smallest absolute Gasteiger partial charge is 0.329 e. The van der Waals surface area contributed by atoms with Crippen LogP contribution in [0.5, 0.6) is 5.75 Å². The van der Waals surface area contributed by atoms with Gasteiger partial charge >= 0.3 is 5.97 Å². The van der Waals surface area contributed by atoms with Gasteiger partial charge in [0.15, 0.2) is 6.61 Å². The van der Waals surface area contributed by atoms with Gasteiger partial charge in [-0.3, -0.25) is 19.3 Å². The number of amides is 3. The van der Waals surface area contributed by atoms with Gasteiger partial charge in [0.1, 0.15) is 11.8 Å². The van der Waals surface area contributed by atoms with E-state index in [1.807, 2.05) is 13.8 Å². The summed E-state index contributed by atoms with van der Waals surface area (Å²) in [5.74, 6) is -1.85. The zero-order chi connectivity index (χ0) is 22.5. The number of benzene rings is 2. The monoisotopic (exact) mass is 424 g/mol. The number of carbonyl (C=O) groups is 4. The van der Waals surface area contributed by atoms with Crippen LogP contribution in [-0.4, -0.2) is 48.3 Å². The topological polar surface area (TPSA) is 102 Å². The van der Waals surface area contributed by atoms with Crippen molar-refractivity contribution in [2.45, 2.75) is 26.3 Å². The molecule has 8 nitrogen and oxygen atoms in total. The van der Waals surface area contributed by atoms with E-state index < -0.39 is 36.3 Å². The summed E-state index contributed by atoms with van der Waals surface area (Å²) in [5.41, 5.74) is 0.995. The van der Waals surface area contributed by atoms with Crippen LogP contribution in [0.15, 0.2) is 48.5 Å². The van der Waals surface area contributed by atoms with Crippen LogP contribution in [-0.2, 0) is 14.3 Å². The van der Waals surface area contributed by atoms with Crippen LogP contribution in [0, 0.1) is 5.92 Å². The average Bonchev–Trinajstić information content (AvgIpc) is 3.01. The van der Waals surface area contributed by atoms with E-state index >= 15 is 0 Å². The minimum atomic E-state index is -1.11. The highest BCUT2D eigenvalue weighted by Crippen LogP contribution is 2.27. The normalized spacial score (nSPS) is 13.7. The zero-order valence-electron chi connectivity index (χ0n) is 17.6. The molecule has 2 aromatic rings. The van der Waals surface area contributed by atoms with Gasteiger partial charge in [-0.15, -0.1) is 0 Å². The zero-order valence-corrected chi connectivity index (χ0v) is 17.6. The molecule has 1 heterocycles. The van der Waals surface area contributed by atoms with E-state index in [9.17, 15) is 19.2 Å². The summed E-state index contributed by atoms with van der Waals surface area (Å²) >= 11 is 0. The number of fused-ring (bicyclic) bond motifs is 1. The maximum atomic E-state index is 12.8. The first-order chi connectivity index (χ1) is 14.8. The summed E-state index contributed by atoms with van der Waals surface area (Å²) in [6, 6.07) is 12.0. The van der Waals surface area contributed by atoms with Gasteiger partial charge < -0.3 is 14.8 Å². The molecule has 1 atom stereocenters. The lowest BCUT2D eigenvalue weighted by Gasteiger charge is -2.25. The number of hydrogen-bond acceptors (Lipinski definition) is 6. The van der Waals surface area contributed by atoms with Crippen molar-refractivity contribution in [2.75, 3.05) is 19.0 Å². The van der Waals surface area contributed by atoms with Gasteiger partial charge in [0, 0.05) is 11.8 Å². The lowest BCUT2D eigenvalue weighted by Crippen LogP contribution is -2.46. The molecule has 0 saturated carbocycles. The number of imide groups is 1. The van der Waals surface area contributed by atoms with E-state index in [1.165, 1.54) is 7.11 Å². The second-order valence-corrected chi connectivity index (χ2v) is 7.56. The highest BCUT2D eigenvalue weighted by Gasteiger charge is 2.43. The highest BCUT2D eigenvalue weighted by molar-refractivity contribution is 6.22. The molecule has 0 radical (unpaired) electrons. The predicted octanol–water partition coefficient (Wildman–Crippen LogP) is 2.89. The molecule has 0 fully saturated rings. The third-order valence-electron chi connectivity index (χ3n) is 4.80. The third-order valence-corrected chi connectivity index (χ3v) is 4.80. The minimum Gasteiger partial charge on any atom is -0.497 e. The quantitative estimate of drug-likeness (QED) is 0.516. The molecule has 1 N–H and O–H groups in total. The predicted molar refractivity (Wildman–Crippen MR) is 113 cm³/mol. The van der Waals surface area contributed by atoms with E-state index in [0.717, 1.165) is 4.90 Å². The molecule has 162 valence electrons. The van der Waals surface area contributed by atoms with Crippen molar-refractivity contribution in [3.63, 3.8) is 0 Å². The first-order valence-electron chi connectivity index (χ1n) is 9.89. The van der Waals surface area contributed by atoms with Crippen LogP contribution >= 0.6 is 0 Å². The molecule has 31 heavy (non-hydrogen) atoms. The van der Waals surface area contributed by atoms with Crippen LogP contribution < -0.4 is 10.1 Å². The van der Waals surface area contributed by atoms with Crippen molar-refractivity contribution in [1.82, 2.24) is 4.90 Å². The Kier molecular flexibility index (Phi) is 6.69. The summed E-state index contributed by atoms with van der Waals surface area (Å²) in [6.45, 7) is 3.19. The van der Waals surface area contributed by atoms with Crippen molar-refractivity contribution in [3.05, 3.63) is 59.7 Å². The molecule has 0 spiro atoms. The van der Waals surface area contributed by atoms with Gasteiger partial charge in [0.2, 0.25) is 0 Å². The Bertz CT molecular complexity index is 982. The van der Waals surface area contributed by atoms with Crippen molar-refractivity contribution < 1.29 is 28.7 Å². The number of nitrogens with zero attached hydrogens (tertiary/aromatic N) is 1. The van der Waals surface area contributed by atoms with E-state index in [4.69, 9.17) is 9.47 Å². The molecule has 3 amide bonds. The van der Waals surface area contributed by atoms with Gasteiger partial charge in [0.05, 0.1) is 18.2 Å². The Morgan fingerprint density at radius 2 is 1.65 bits per heavy atom. The summed E-state index contributed by atoms with van der Waals surface area (Å²) in [5, 5.41) is 2.61. The molecular weight excluding hydrogens is 400 g/mol. The molecule has 0 saturated heterocycles. The fourth-order valence-electron chi connectivity index (χ4n) is 3.38. The van der Waals surface area contributed by atoms with Crippen molar-refractivity contribution in [1.29, 1.82) is 0 Å². The van der Waals surface area contributed by atoms with E-state index in [2.05, 4.69) is 5.32 Å². The summed E-state index contributed by atoms with van der Waals surface area (Å²) in [6.07, 6.45) is 0.224. The number of nitrogens with one attached hydrogen (secondary N) is 1. The highest BCUT2D eigenvalue weighted by atomic mass is 16.5.